The highest BCUT2D eigenvalue weighted by Gasteiger charge is 2.17. The summed E-state index contributed by atoms with van der Waals surface area (Å²) in [5.74, 6) is 0.0771. The number of oxazole rings is 1. The molecule has 1 N–H and O–H groups in total. The summed E-state index contributed by atoms with van der Waals surface area (Å²) >= 11 is 0. The van der Waals surface area contributed by atoms with Gasteiger partial charge in [0.1, 0.15) is 17.8 Å². The number of nitrogens with zero attached hydrogens (tertiary/aromatic N) is 2. The number of ether oxygens (including phenoxy) is 1. The van der Waals surface area contributed by atoms with E-state index in [1.807, 2.05) is 19.1 Å². The number of rotatable bonds is 7. The predicted molar refractivity (Wildman–Crippen MR) is 92.0 cm³/mol. The molecular weight excluding hydrogens is 337 g/mol. The Morgan fingerprint density at radius 2 is 1.96 bits per heavy atom. The van der Waals surface area contributed by atoms with Crippen molar-refractivity contribution in [3.05, 3.63) is 78.0 Å². The van der Waals surface area contributed by atoms with Gasteiger partial charge in [0.25, 0.3) is 5.91 Å². The van der Waals surface area contributed by atoms with Crippen molar-refractivity contribution in [1.82, 2.24) is 15.3 Å². The van der Waals surface area contributed by atoms with E-state index in [4.69, 9.17) is 9.15 Å². The van der Waals surface area contributed by atoms with Gasteiger partial charge in [0.05, 0.1) is 6.04 Å². The third-order valence-electron chi connectivity index (χ3n) is 3.78. The third kappa shape index (κ3) is 4.44. The van der Waals surface area contributed by atoms with Crippen LogP contribution in [0.2, 0.25) is 0 Å². The van der Waals surface area contributed by atoms with Gasteiger partial charge in [-0.15, -0.1) is 0 Å². The molecule has 0 aliphatic rings. The van der Waals surface area contributed by atoms with Crippen LogP contribution in [0.4, 0.5) is 4.39 Å². The second-order valence-corrected chi connectivity index (χ2v) is 5.58. The highest BCUT2D eigenvalue weighted by atomic mass is 19.1. The second kappa shape index (κ2) is 8.24. The maximum atomic E-state index is 12.9. The van der Waals surface area contributed by atoms with Crippen molar-refractivity contribution in [3.8, 4) is 5.75 Å². The monoisotopic (exact) mass is 355 g/mol. The molecule has 6 nitrogen and oxygen atoms in total. The van der Waals surface area contributed by atoms with Crippen LogP contribution in [0, 0.1) is 5.82 Å². The van der Waals surface area contributed by atoms with Crippen LogP contribution in [0.1, 0.15) is 41.3 Å². The molecule has 0 unspecified atom stereocenters. The Hall–Kier alpha value is -3.22. The molecule has 134 valence electrons. The first kappa shape index (κ1) is 17.6. The Morgan fingerprint density at radius 3 is 2.65 bits per heavy atom. The van der Waals surface area contributed by atoms with Gasteiger partial charge in [-0.3, -0.25) is 9.78 Å². The fourth-order valence-electron chi connectivity index (χ4n) is 2.41. The van der Waals surface area contributed by atoms with Gasteiger partial charge in [-0.25, -0.2) is 9.37 Å². The zero-order valence-electron chi connectivity index (χ0n) is 14.2. The van der Waals surface area contributed by atoms with Gasteiger partial charge < -0.3 is 14.5 Å². The second-order valence-electron chi connectivity index (χ2n) is 5.58. The Kier molecular flexibility index (Phi) is 5.58. The molecule has 0 saturated heterocycles. The lowest BCUT2D eigenvalue weighted by molar-refractivity contribution is 0.0930. The van der Waals surface area contributed by atoms with E-state index in [1.54, 1.807) is 12.4 Å². The zero-order chi connectivity index (χ0) is 18.4. The van der Waals surface area contributed by atoms with Crippen molar-refractivity contribution in [3.63, 3.8) is 0 Å². The summed E-state index contributed by atoms with van der Waals surface area (Å²) in [5.41, 5.74) is 1.15. The topological polar surface area (TPSA) is 77.2 Å². The van der Waals surface area contributed by atoms with E-state index in [1.165, 1.54) is 30.5 Å². The first-order valence-corrected chi connectivity index (χ1v) is 8.19. The molecule has 0 aliphatic carbocycles. The Balaban J connectivity index is 1.59. The van der Waals surface area contributed by atoms with E-state index < -0.39 is 0 Å². The Bertz CT molecular complexity index is 850. The number of nitrogens with one attached hydrogen (secondary N) is 1. The summed E-state index contributed by atoms with van der Waals surface area (Å²) in [7, 11) is 0. The van der Waals surface area contributed by atoms with Gasteiger partial charge >= 0.3 is 0 Å². The smallest absolute Gasteiger partial charge is 0.273 e. The molecular formula is C19H18FN3O3. The molecule has 3 aromatic rings. The molecule has 1 aromatic carbocycles. The molecule has 0 bridgehead atoms. The largest absolute Gasteiger partial charge is 0.484 e. The maximum absolute atomic E-state index is 12.9. The molecule has 0 radical (unpaired) electrons. The van der Waals surface area contributed by atoms with Crippen molar-refractivity contribution < 1.29 is 18.3 Å². The van der Waals surface area contributed by atoms with E-state index in [9.17, 15) is 9.18 Å². The number of hydrogen-bond donors (Lipinski definition) is 1. The van der Waals surface area contributed by atoms with Gasteiger partial charge in [-0.05, 0) is 48.4 Å². The van der Waals surface area contributed by atoms with E-state index in [-0.39, 0.29) is 36.0 Å². The van der Waals surface area contributed by atoms with Crippen LogP contribution in [0.25, 0.3) is 0 Å². The maximum Gasteiger partial charge on any atom is 0.273 e. The number of carbonyl (C=O) groups excluding carboxylic acids is 1. The first-order chi connectivity index (χ1) is 12.7. The number of hydrogen-bond acceptors (Lipinski definition) is 5. The van der Waals surface area contributed by atoms with Crippen molar-refractivity contribution in [2.24, 2.45) is 0 Å². The summed E-state index contributed by atoms with van der Waals surface area (Å²) in [4.78, 5) is 20.5. The van der Waals surface area contributed by atoms with E-state index in [0.717, 1.165) is 12.0 Å². The van der Waals surface area contributed by atoms with Crippen molar-refractivity contribution in [2.75, 3.05) is 0 Å². The summed E-state index contributed by atoms with van der Waals surface area (Å²) in [5, 5.41) is 2.92. The number of pyridine rings is 1. The Labute approximate surface area is 150 Å². The molecule has 1 atom stereocenters. The lowest BCUT2D eigenvalue weighted by Gasteiger charge is -2.16. The fraction of sp³-hybridized carbons (Fsp3) is 0.211. The van der Waals surface area contributed by atoms with Gasteiger partial charge in [-0.1, -0.05) is 6.92 Å². The minimum Gasteiger partial charge on any atom is -0.484 e. The van der Waals surface area contributed by atoms with Gasteiger partial charge in [-0.2, -0.15) is 0 Å². The minimum absolute atomic E-state index is 0.0421. The van der Waals surface area contributed by atoms with Crippen LogP contribution in [0.5, 0.6) is 5.75 Å². The van der Waals surface area contributed by atoms with Gasteiger partial charge in [0.15, 0.2) is 12.3 Å². The number of amides is 1. The van der Waals surface area contributed by atoms with Crippen molar-refractivity contribution in [2.45, 2.75) is 26.0 Å². The highest BCUT2D eigenvalue weighted by molar-refractivity contribution is 5.92. The van der Waals surface area contributed by atoms with Crippen LogP contribution in [-0.2, 0) is 6.61 Å². The van der Waals surface area contributed by atoms with Crippen molar-refractivity contribution in [1.29, 1.82) is 0 Å². The average molecular weight is 355 g/mol. The number of carbonyl (C=O) groups is 1. The first-order valence-electron chi connectivity index (χ1n) is 8.19. The molecule has 26 heavy (non-hydrogen) atoms. The van der Waals surface area contributed by atoms with E-state index in [0.29, 0.717) is 5.75 Å². The molecule has 2 aromatic heterocycles. The molecule has 0 aliphatic heterocycles. The summed E-state index contributed by atoms with van der Waals surface area (Å²) in [6.07, 6.45) is 5.39. The number of halogens is 1. The van der Waals surface area contributed by atoms with Crippen LogP contribution in [0.15, 0.2) is 59.5 Å². The average Bonchev–Trinajstić information content (AvgIpc) is 3.15. The normalized spacial score (nSPS) is 11.8. The SMILES string of the molecule is CC[C@@H](NC(=O)c1coc(COc2ccc(F)cc2)n1)c1ccncc1. The number of benzene rings is 1. The third-order valence-corrected chi connectivity index (χ3v) is 3.78. The lowest BCUT2D eigenvalue weighted by Crippen LogP contribution is -2.28. The van der Waals surface area contributed by atoms with E-state index in [2.05, 4.69) is 15.3 Å². The number of aromatic nitrogens is 2. The molecule has 0 fully saturated rings. The van der Waals surface area contributed by atoms with E-state index >= 15 is 0 Å². The quantitative estimate of drug-likeness (QED) is 0.700. The molecule has 1 amide bonds. The van der Waals surface area contributed by atoms with Crippen LogP contribution in [-0.4, -0.2) is 15.9 Å². The fourth-order valence-corrected chi connectivity index (χ4v) is 2.41. The molecule has 0 spiro atoms. The summed E-state index contributed by atoms with van der Waals surface area (Å²) in [6, 6.07) is 9.19. The summed E-state index contributed by atoms with van der Waals surface area (Å²) in [6.45, 7) is 2.02. The van der Waals surface area contributed by atoms with Crippen LogP contribution in [0.3, 0.4) is 0 Å². The molecule has 2 heterocycles. The van der Waals surface area contributed by atoms with Crippen LogP contribution >= 0.6 is 0 Å². The Morgan fingerprint density at radius 1 is 1.23 bits per heavy atom. The predicted octanol–water partition coefficient (Wildman–Crippen LogP) is 3.67. The molecule has 3 rings (SSSR count). The van der Waals surface area contributed by atoms with Crippen LogP contribution < -0.4 is 10.1 Å². The zero-order valence-corrected chi connectivity index (χ0v) is 14.2. The highest BCUT2D eigenvalue weighted by Crippen LogP contribution is 2.17. The van der Waals surface area contributed by atoms with Crippen molar-refractivity contribution >= 4 is 5.91 Å². The lowest BCUT2D eigenvalue weighted by atomic mass is 10.1. The molecule has 7 heteroatoms. The van der Waals surface area contributed by atoms with Gasteiger partial charge in [0.2, 0.25) is 5.89 Å². The minimum atomic E-state index is -0.341. The summed E-state index contributed by atoms with van der Waals surface area (Å²) < 4.78 is 23.6. The van der Waals surface area contributed by atoms with Gasteiger partial charge in [0, 0.05) is 12.4 Å². The molecule has 0 saturated carbocycles. The standard InChI is InChI=1S/C19H18FN3O3/c1-2-16(13-7-9-21-10-8-13)23-19(24)17-11-26-18(22-17)12-25-15-5-3-14(20)4-6-15/h3-11,16H,2,12H2,1H3,(H,23,24)/t16-/m1/s1.